The van der Waals surface area contributed by atoms with E-state index < -0.39 is 0 Å². The molecule has 0 aliphatic carbocycles. The molecule has 1 N–H and O–H groups in total. The molecule has 6 nitrogen and oxygen atoms in total. The van der Waals surface area contributed by atoms with Crippen molar-refractivity contribution in [3.63, 3.8) is 0 Å². The first-order valence-corrected chi connectivity index (χ1v) is 7.51. The third kappa shape index (κ3) is 3.20. The van der Waals surface area contributed by atoms with Crippen molar-refractivity contribution in [2.75, 3.05) is 0 Å². The van der Waals surface area contributed by atoms with Gasteiger partial charge < -0.3 is 4.42 Å². The number of hydrogen-bond acceptors (Lipinski definition) is 5. The summed E-state index contributed by atoms with van der Waals surface area (Å²) in [4.78, 5) is 4.07. The fourth-order valence-corrected chi connectivity index (χ4v) is 2.29. The quantitative estimate of drug-likeness (QED) is 0.614. The first kappa shape index (κ1) is 14.9. The van der Waals surface area contributed by atoms with E-state index >= 15 is 0 Å². The van der Waals surface area contributed by atoms with Crippen LogP contribution in [0.25, 0.3) is 35.2 Å². The monoisotopic (exact) mass is 333 g/mol. The van der Waals surface area contributed by atoms with E-state index in [9.17, 15) is 4.39 Å². The number of H-pyrrole nitrogens is 1. The van der Waals surface area contributed by atoms with Crippen molar-refractivity contribution in [3.8, 4) is 23.0 Å². The lowest BCUT2D eigenvalue weighted by Gasteiger charge is -1.95. The molecule has 0 saturated heterocycles. The molecule has 0 unspecified atom stereocenters. The molecule has 4 rings (SSSR count). The minimum absolute atomic E-state index is 0.308. The Morgan fingerprint density at radius 3 is 2.60 bits per heavy atom. The first-order valence-electron chi connectivity index (χ1n) is 7.51. The molecule has 0 atom stereocenters. The first-order chi connectivity index (χ1) is 12.3. The fraction of sp³-hybridized carbons (Fsp3) is 0. The molecule has 0 aliphatic rings. The maximum absolute atomic E-state index is 13.0. The van der Waals surface area contributed by atoms with Gasteiger partial charge in [0.15, 0.2) is 0 Å². The van der Waals surface area contributed by atoms with Gasteiger partial charge in [-0.3, -0.25) is 10.1 Å². The predicted octanol–water partition coefficient (Wildman–Crippen LogP) is 3.83. The highest BCUT2D eigenvalue weighted by Crippen LogP contribution is 2.25. The van der Waals surface area contributed by atoms with Crippen molar-refractivity contribution in [1.29, 1.82) is 0 Å². The van der Waals surface area contributed by atoms with Crippen molar-refractivity contribution in [2.24, 2.45) is 0 Å². The minimum Gasteiger partial charge on any atom is -0.415 e. The van der Waals surface area contributed by atoms with Gasteiger partial charge >= 0.3 is 0 Å². The number of pyridine rings is 1. The number of aromatic amines is 1. The van der Waals surface area contributed by atoms with Crippen LogP contribution in [0.4, 0.5) is 4.39 Å². The highest BCUT2D eigenvalue weighted by atomic mass is 19.1. The Labute approximate surface area is 142 Å². The normalized spacial score (nSPS) is 11.2. The largest absolute Gasteiger partial charge is 0.415 e. The van der Waals surface area contributed by atoms with Crippen LogP contribution >= 0.6 is 0 Å². The second kappa shape index (κ2) is 6.48. The zero-order valence-corrected chi connectivity index (χ0v) is 12.9. The third-order valence-electron chi connectivity index (χ3n) is 3.54. The molecular weight excluding hydrogens is 321 g/mol. The second-order valence-electron chi connectivity index (χ2n) is 5.24. The van der Waals surface area contributed by atoms with Crippen LogP contribution in [0.15, 0.2) is 59.4 Å². The van der Waals surface area contributed by atoms with Crippen molar-refractivity contribution < 1.29 is 8.81 Å². The lowest BCUT2D eigenvalue weighted by atomic mass is 10.2. The molecule has 0 bridgehead atoms. The summed E-state index contributed by atoms with van der Waals surface area (Å²) in [5, 5.41) is 14.9. The molecule has 0 saturated carbocycles. The van der Waals surface area contributed by atoms with Crippen molar-refractivity contribution in [2.45, 2.75) is 0 Å². The standard InChI is InChI=1S/C18H12FN5O/c19-15-7-5-13(6-8-15)17-23-24-18(25-17)16-14(11-21-22-16)4-3-12-2-1-9-20-10-12/h1-11H,(H,21,22)/b4-3+. The summed E-state index contributed by atoms with van der Waals surface area (Å²) < 4.78 is 18.7. The Balaban J connectivity index is 1.62. The van der Waals surface area contributed by atoms with Gasteiger partial charge in [-0.25, -0.2) is 4.39 Å². The van der Waals surface area contributed by atoms with Crippen molar-refractivity contribution >= 4 is 12.2 Å². The summed E-state index contributed by atoms with van der Waals surface area (Å²) in [6.45, 7) is 0. The summed E-state index contributed by atoms with van der Waals surface area (Å²) in [6.07, 6.45) is 8.95. The van der Waals surface area contributed by atoms with E-state index in [1.165, 1.54) is 12.1 Å². The van der Waals surface area contributed by atoms with Crippen LogP contribution < -0.4 is 0 Å². The van der Waals surface area contributed by atoms with Crippen molar-refractivity contribution in [1.82, 2.24) is 25.4 Å². The van der Waals surface area contributed by atoms with Gasteiger partial charge in [0.05, 0.1) is 6.20 Å². The molecule has 0 radical (unpaired) electrons. The number of hydrogen-bond donors (Lipinski definition) is 1. The molecule has 25 heavy (non-hydrogen) atoms. The van der Waals surface area contributed by atoms with Crippen LogP contribution in [-0.4, -0.2) is 25.4 Å². The van der Waals surface area contributed by atoms with Crippen LogP contribution in [0, 0.1) is 5.82 Å². The molecule has 1 aromatic carbocycles. The van der Waals surface area contributed by atoms with E-state index in [-0.39, 0.29) is 5.82 Å². The summed E-state index contributed by atoms with van der Waals surface area (Å²) in [6, 6.07) is 9.67. The van der Waals surface area contributed by atoms with Crippen LogP contribution in [-0.2, 0) is 0 Å². The SMILES string of the molecule is Fc1ccc(-c2nnc(-c3[nH]ncc3/C=C/c3cccnc3)o2)cc1. The van der Waals surface area contributed by atoms with E-state index in [4.69, 9.17) is 4.42 Å². The van der Waals surface area contributed by atoms with E-state index in [1.807, 2.05) is 24.3 Å². The summed E-state index contributed by atoms with van der Waals surface area (Å²) >= 11 is 0. The van der Waals surface area contributed by atoms with E-state index in [2.05, 4.69) is 25.4 Å². The number of aromatic nitrogens is 5. The molecule has 0 aliphatic heterocycles. The van der Waals surface area contributed by atoms with Gasteiger partial charge in [0.2, 0.25) is 5.89 Å². The highest BCUT2D eigenvalue weighted by molar-refractivity contribution is 5.75. The molecule has 122 valence electrons. The maximum Gasteiger partial charge on any atom is 0.266 e. The molecule has 3 aromatic heterocycles. The zero-order chi connectivity index (χ0) is 17.1. The molecule has 0 spiro atoms. The number of rotatable bonds is 4. The summed E-state index contributed by atoms with van der Waals surface area (Å²) in [7, 11) is 0. The maximum atomic E-state index is 13.0. The minimum atomic E-state index is -0.320. The van der Waals surface area contributed by atoms with Crippen molar-refractivity contribution in [3.05, 3.63) is 71.9 Å². The summed E-state index contributed by atoms with van der Waals surface area (Å²) in [5.74, 6) is 0.300. The van der Waals surface area contributed by atoms with Crippen LogP contribution in [0.5, 0.6) is 0 Å². The van der Waals surface area contributed by atoms with Gasteiger partial charge in [-0.1, -0.05) is 18.2 Å². The number of halogens is 1. The molecule has 4 aromatic rings. The predicted molar refractivity (Wildman–Crippen MR) is 90.4 cm³/mol. The molecule has 7 heteroatoms. The Hall–Kier alpha value is -3.61. The smallest absolute Gasteiger partial charge is 0.266 e. The van der Waals surface area contributed by atoms with Crippen LogP contribution in [0.2, 0.25) is 0 Å². The Kier molecular flexibility index (Phi) is 3.88. The van der Waals surface area contributed by atoms with E-state index in [0.717, 1.165) is 11.1 Å². The van der Waals surface area contributed by atoms with E-state index in [0.29, 0.717) is 23.0 Å². The molecular formula is C18H12FN5O. The van der Waals surface area contributed by atoms with Gasteiger partial charge in [0.25, 0.3) is 5.89 Å². The average molecular weight is 333 g/mol. The highest BCUT2D eigenvalue weighted by Gasteiger charge is 2.14. The average Bonchev–Trinajstić information content (AvgIpc) is 3.30. The van der Waals surface area contributed by atoms with Gasteiger partial charge in [-0.2, -0.15) is 5.10 Å². The zero-order valence-electron chi connectivity index (χ0n) is 12.9. The van der Waals surface area contributed by atoms with E-state index in [1.54, 1.807) is 30.7 Å². The summed E-state index contributed by atoms with van der Waals surface area (Å²) in [5.41, 5.74) is 3.03. The fourth-order valence-electron chi connectivity index (χ4n) is 2.29. The topological polar surface area (TPSA) is 80.5 Å². The van der Waals surface area contributed by atoms with Gasteiger partial charge in [-0.05, 0) is 35.9 Å². The lowest BCUT2D eigenvalue weighted by Crippen LogP contribution is -1.81. The van der Waals surface area contributed by atoms with Crippen LogP contribution in [0.1, 0.15) is 11.1 Å². The number of benzene rings is 1. The van der Waals surface area contributed by atoms with Gasteiger partial charge in [0.1, 0.15) is 11.5 Å². The number of nitrogens with one attached hydrogen (secondary N) is 1. The van der Waals surface area contributed by atoms with Gasteiger partial charge in [-0.15, -0.1) is 10.2 Å². The van der Waals surface area contributed by atoms with Gasteiger partial charge in [0, 0.05) is 23.5 Å². The van der Waals surface area contributed by atoms with Crippen LogP contribution in [0.3, 0.4) is 0 Å². The molecule has 0 fully saturated rings. The second-order valence-corrected chi connectivity index (χ2v) is 5.24. The lowest BCUT2D eigenvalue weighted by molar-refractivity contribution is 0.581. The molecule has 3 heterocycles. The molecule has 0 amide bonds. The Morgan fingerprint density at radius 1 is 0.960 bits per heavy atom. The number of nitrogens with zero attached hydrogens (tertiary/aromatic N) is 4. The Bertz CT molecular complexity index is 1010. The third-order valence-corrected chi connectivity index (χ3v) is 3.54. The Morgan fingerprint density at radius 2 is 1.80 bits per heavy atom.